The van der Waals surface area contributed by atoms with Crippen LogP contribution in [-0.4, -0.2) is 30.1 Å². The summed E-state index contributed by atoms with van der Waals surface area (Å²) in [4.78, 5) is 11.5. The molecule has 1 heterocycles. The van der Waals surface area contributed by atoms with Gasteiger partial charge in [-0.25, -0.2) is 9.48 Å². The average molecular weight is 395 g/mol. The highest BCUT2D eigenvalue weighted by Crippen LogP contribution is 2.32. The number of ether oxygens (including phenoxy) is 3. The van der Waals surface area contributed by atoms with Crippen molar-refractivity contribution in [3.8, 4) is 22.9 Å². The van der Waals surface area contributed by atoms with Crippen LogP contribution in [0.4, 0.5) is 10.5 Å². The molecule has 0 saturated carbocycles. The third-order valence-corrected chi connectivity index (χ3v) is 4.68. The van der Waals surface area contributed by atoms with Gasteiger partial charge in [-0.15, -0.1) is 0 Å². The zero-order chi connectivity index (χ0) is 21.0. The smallest absolute Gasteiger partial charge is 0.411 e. The number of carbonyl (C=O) groups is 1. The van der Waals surface area contributed by atoms with Gasteiger partial charge in [0.2, 0.25) is 5.88 Å². The quantitative estimate of drug-likeness (QED) is 0.667. The maximum Gasteiger partial charge on any atom is 0.411 e. The zero-order valence-corrected chi connectivity index (χ0v) is 17.3. The lowest BCUT2D eigenvalue weighted by molar-refractivity contribution is 0.187. The molecule has 7 heteroatoms. The summed E-state index contributed by atoms with van der Waals surface area (Å²) < 4.78 is 17.8. The van der Waals surface area contributed by atoms with Crippen LogP contribution in [0, 0.1) is 13.8 Å². The van der Waals surface area contributed by atoms with E-state index in [1.807, 2.05) is 63.4 Å². The normalized spacial score (nSPS) is 10.5. The summed E-state index contributed by atoms with van der Waals surface area (Å²) >= 11 is 0. The minimum atomic E-state index is -0.515. The van der Waals surface area contributed by atoms with Gasteiger partial charge in [-0.1, -0.05) is 18.2 Å². The fourth-order valence-corrected chi connectivity index (χ4v) is 3.22. The Hall–Kier alpha value is -3.48. The molecule has 3 aromatic rings. The number of hydrogen-bond donors (Lipinski definition) is 1. The number of nitrogens with one attached hydrogen (secondary N) is 1. The first kappa shape index (κ1) is 20.3. The number of aromatic nitrogens is 2. The molecular weight excluding hydrogens is 370 g/mol. The Balaban J connectivity index is 1.78. The Morgan fingerprint density at radius 3 is 2.55 bits per heavy atom. The first-order valence-corrected chi connectivity index (χ1v) is 9.19. The van der Waals surface area contributed by atoms with Gasteiger partial charge in [-0.05, 0) is 43.7 Å². The number of rotatable bonds is 6. The molecule has 1 amide bonds. The first-order valence-electron chi connectivity index (χ1n) is 9.19. The summed E-state index contributed by atoms with van der Waals surface area (Å²) in [5.74, 6) is 1.51. The third-order valence-electron chi connectivity index (χ3n) is 4.68. The summed E-state index contributed by atoms with van der Waals surface area (Å²) in [6.45, 7) is 4.30. The number of para-hydroxylation sites is 1. The van der Waals surface area contributed by atoms with Gasteiger partial charge in [0, 0.05) is 23.7 Å². The maximum atomic E-state index is 11.5. The van der Waals surface area contributed by atoms with Crippen LogP contribution in [0.5, 0.6) is 11.6 Å². The zero-order valence-electron chi connectivity index (χ0n) is 17.3. The van der Waals surface area contributed by atoms with Gasteiger partial charge in [-0.3, -0.25) is 5.32 Å². The van der Waals surface area contributed by atoms with Gasteiger partial charge in [0.15, 0.2) is 0 Å². The van der Waals surface area contributed by atoms with E-state index in [4.69, 9.17) is 9.47 Å². The SMILES string of the molecule is COC(=O)Nc1ccccc1COc1ccc(-c2nn(C)c(OC)c2C)cc1C. The molecule has 1 N–H and O–H groups in total. The first-order chi connectivity index (χ1) is 13.9. The summed E-state index contributed by atoms with van der Waals surface area (Å²) in [5, 5.41) is 7.26. The van der Waals surface area contributed by atoms with Crippen LogP contribution in [-0.2, 0) is 18.4 Å². The van der Waals surface area contributed by atoms with Gasteiger partial charge < -0.3 is 14.2 Å². The number of anilines is 1. The lowest BCUT2D eigenvalue weighted by atomic mass is 10.1. The lowest BCUT2D eigenvalue weighted by Gasteiger charge is -2.13. The molecule has 7 nitrogen and oxygen atoms in total. The summed E-state index contributed by atoms with van der Waals surface area (Å²) in [6.07, 6.45) is -0.515. The number of methoxy groups -OCH3 is 2. The highest BCUT2D eigenvalue weighted by atomic mass is 16.5. The Labute approximate surface area is 170 Å². The number of aryl methyl sites for hydroxylation is 2. The van der Waals surface area contributed by atoms with Crippen molar-refractivity contribution in [1.29, 1.82) is 0 Å². The summed E-state index contributed by atoms with van der Waals surface area (Å²) in [6, 6.07) is 13.4. The lowest BCUT2D eigenvalue weighted by Crippen LogP contribution is -2.13. The van der Waals surface area contributed by atoms with Crippen LogP contribution in [0.1, 0.15) is 16.7 Å². The van der Waals surface area contributed by atoms with Crippen molar-refractivity contribution < 1.29 is 19.0 Å². The Morgan fingerprint density at radius 1 is 1.14 bits per heavy atom. The monoisotopic (exact) mass is 395 g/mol. The molecular formula is C22H25N3O4. The number of amides is 1. The standard InChI is InChI=1S/C22H25N3O4/c1-14-12-16(20-15(2)21(27-4)25(3)24-20)10-11-19(14)29-13-17-8-6-7-9-18(17)23-22(26)28-5/h6-12H,13H2,1-5H3,(H,23,26). The van der Waals surface area contributed by atoms with Gasteiger partial charge in [0.25, 0.3) is 0 Å². The Bertz CT molecular complexity index is 1030. The number of hydrogen-bond acceptors (Lipinski definition) is 5. The van der Waals surface area contributed by atoms with Crippen molar-refractivity contribution in [2.24, 2.45) is 7.05 Å². The van der Waals surface area contributed by atoms with Gasteiger partial charge in [-0.2, -0.15) is 5.10 Å². The molecule has 0 bridgehead atoms. The van der Waals surface area contributed by atoms with Gasteiger partial charge >= 0.3 is 6.09 Å². The predicted molar refractivity (Wildman–Crippen MR) is 111 cm³/mol. The van der Waals surface area contributed by atoms with Crippen molar-refractivity contribution in [3.63, 3.8) is 0 Å². The highest BCUT2D eigenvalue weighted by molar-refractivity contribution is 5.85. The molecule has 0 radical (unpaired) electrons. The van der Waals surface area contributed by atoms with Crippen molar-refractivity contribution in [2.75, 3.05) is 19.5 Å². The fraction of sp³-hybridized carbons (Fsp3) is 0.273. The van der Waals surface area contributed by atoms with Gasteiger partial charge in [0.1, 0.15) is 12.4 Å². The summed E-state index contributed by atoms with van der Waals surface area (Å²) in [5.41, 5.74) is 5.37. The van der Waals surface area contributed by atoms with E-state index in [0.29, 0.717) is 12.3 Å². The van der Waals surface area contributed by atoms with Crippen LogP contribution in [0.15, 0.2) is 42.5 Å². The second-order valence-corrected chi connectivity index (χ2v) is 6.65. The molecule has 0 aliphatic rings. The molecule has 0 fully saturated rings. The fourth-order valence-electron chi connectivity index (χ4n) is 3.22. The van der Waals surface area contributed by atoms with Crippen molar-refractivity contribution in [3.05, 3.63) is 59.2 Å². The predicted octanol–water partition coefficient (Wildman–Crippen LogP) is 4.47. The van der Waals surface area contributed by atoms with E-state index in [0.717, 1.165) is 39.6 Å². The topological polar surface area (TPSA) is 74.6 Å². The van der Waals surface area contributed by atoms with Crippen LogP contribution in [0.2, 0.25) is 0 Å². The third kappa shape index (κ3) is 4.34. The Morgan fingerprint density at radius 2 is 1.90 bits per heavy atom. The molecule has 0 aliphatic heterocycles. The molecule has 2 aromatic carbocycles. The maximum absolute atomic E-state index is 11.5. The van der Waals surface area contributed by atoms with E-state index in [2.05, 4.69) is 15.2 Å². The van der Waals surface area contributed by atoms with Crippen LogP contribution < -0.4 is 14.8 Å². The summed E-state index contributed by atoms with van der Waals surface area (Å²) in [7, 11) is 4.83. The molecule has 0 saturated heterocycles. The van der Waals surface area contributed by atoms with E-state index in [-0.39, 0.29) is 0 Å². The van der Waals surface area contributed by atoms with Gasteiger partial charge in [0.05, 0.1) is 25.6 Å². The number of carbonyl (C=O) groups excluding carboxylic acids is 1. The Kier molecular flexibility index (Phi) is 6.07. The number of benzene rings is 2. The average Bonchev–Trinajstić information content (AvgIpc) is 3.01. The van der Waals surface area contributed by atoms with E-state index < -0.39 is 6.09 Å². The second kappa shape index (κ2) is 8.68. The minimum Gasteiger partial charge on any atom is -0.489 e. The van der Waals surface area contributed by atoms with Crippen LogP contribution >= 0.6 is 0 Å². The molecule has 1 aromatic heterocycles. The van der Waals surface area contributed by atoms with Crippen molar-refractivity contribution in [2.45, 2.75) is 20.5 Å². The van der Waals surface area contributed by atoms with Crippen LogP contribution in [0.25, 0.3) is 11.3 Å². The molecule has 0 aliphatic carbocycles. The van der Waals surface area contributed by atoms with Crippen LogP contribution in [0.3, 0.4) is 0 Å². The molecule has 152 valence electrons. The largest absolute Gasteiger partial charge is 0.489 e. The van der Waals surface area contributed by atoms with E-state index in [1.54, 1.807) is 11.8 Å². The molecule has 29 heavy (non-hydrogen) atoms. The van der Waals surface area contributed by atoms with Crippen molar-refractivity contribution in [1.82, 2.24) is 9.78 Å². The van der Waals surface area contributed by atoms with E-state index in [9.17, 15) is 4.79 Å². The minimum absolute atomic E-state index is 0.316. The molecule has 0 spiro atoms. The second-order valence-electron chi connectivity index (χ2n) is 6.65. The van der Waals surface area contributed by atoms with E-state index in [1.165, 1.54) is 7.11 Å². The molecule has 0 atom stereocenters. The van der Waals surface area contributed by atoms with Crippen molar-refractivity contribution >= 4 is 11.8 Å². The van der Waals surface area contributed by atoms with E-state index >= 15 is 0 Å². The molecule has 3 rings (SSSR count). The molecule has 0 unspecified atom stereocenters. The highest BCUT2D eigenvalue weighted by Gasteiger charge is 2.15. The number of nitrogens with zero attached hydrogens (tertiary/aromatic N) is 2.